The van der Waals surface area contributed by atoms with Crippen LogP contribution >= 0.6 is 0 Å². The fraction of sp³-hybridized carbons (Fsp3) is 0.200. The maximum Gasteiger partial charge on any atom is 0.300 e. The number of carbonyl (C=O) groups excluding carboxylic acids is 1. The van der Waals surface area contributed by atoms with Gasteiger partial charge in [0.1, 0.15) is 11.5 Å². The molecule has 9 heteroatoms. The summed E-state index contributed by atoms with van der Waals surface area (Å²) in [6.07, 6.45) is 3.42. The Bertz CT molecular complexity index is 1240. The quantitative estimate of drug-likeness (QED) is 0.423. The minimum Gasteiger partial charge on any atom is -0.481 e. The molecule has 2 aromatic heterocycles. The highest BCUT2D eigenvalue weighted by atomic mass is 16.5. The molecule has 3 heterocycles. The van der Waals surface area contributed by atoms with E-state index in [1.54, 1.807) is 12.4 Å². The van der Waals surface area contributed by atoms with Gasteiger partial charge in [-0.15, -0.1) is 0 Å². The number of H-pyrrole nitrogens is 1. The molecule has 1 aliphatic rings. The van der Waals surface area contributed by atoms with Crippen LogP contribution in [-0.2, 0) is 9.53 Å². The zero-order valence-corrected chi connectivity index (χ0v) is 18.7. The number of amides is 1. The van der Waals surface area contributed by atoms with Crippen LogP contribution in [0.25, 0.3) is 22.3 Å². The maximum absolute atomic E-state index is 12.6. The summed E-state index contributed by atoms with van der Waals surface area (Å²) in [7, 11) is 0. The lowest BCUT2D eigenvalue weighted by atomic mass is 10.1. The van der Waals surface area contributed by atoms with Crippen LogP contribution in [0.15, 0.2) is 67.0 Å². The number of benzene rings is 2. The first kappa shape index (κ1) is 22.9. The molecule has 1 amide bonds. The predicted molar refractivity (Wildman–Crippen MR) is 129 cm³/mol. The van der Waals surface area contributed by atoms with Gasteiger partial charge in [-0.05, 0) is 36.4 Å². The van der Waals surface area contributed by atoms with Crippen molar-refractivity contribution in [2.45, 2.75) is 6.92 Å². The number of aromatic nitrogens is 3. The van der Waals surface area contributed by atoms with E-state index in [0.29, 0.717) is 37.7 Å². The lowest BCUT2D eigenvalue weighted by molar-refractivity contribution is -0.134. The number of nitrogens with one attached hydrogen (secondary N) is 2. The third-order valence-electron chi connectivity index (χ3n) is 5.14. The number of nitrogens with zero attached hydrogens (tertiary/aromatic N) is 3. The van der Waals surface area contributed by atoms with Gasteiger partial charge in [-0.2, -0.15) is 0 Å². The molecule has 0 bridgehead atoms. The van der Waals surface area contributed by atoms with Gasteiger partial charge in [0, 0.05) is 42.2 Å². The first-order valence-electron chi connectivity index (χ1n) is 10.8. The predicted octanol–water partition coefficient (Wildman–Crippen LogP) is 3.93. The van der Waals surface area contributed by atoms with Crippen molar-refractivity contribution in [3.8, 4) is 11.4 Å². The molecular formula is C25H25N5O4. The molecule has 0 atom stereocenters. The molecule has 3 N–H and O–H groups in total. The van der Waals surface area contributed by atoms with Gasteiger partial charge < -0.3 is 25.0 Å². The van der Waals surface area contributed by atoms with Gasteiger partial charge in [-0.3, -0.25) is 14.6 Å². The molecule has 34 heavy (non-hydrogen) atoms. The van der Waals surface area contributed by atoms with Gasteiger partial charge in [0.15, 0.2) is 0 Å². The van der Waals surface area contributed by atoms with E-state index in [2.05, 4.69) is 32.4 Å². The Morgan fingerprint density at radius 3 is 2.47 bits per heavy atom. The van der Waals surface area contributed by atoms with Crippen molar-refractivity contribution in [2.24, 2.45) is 0 Å². The topological polar surface area (TPSA) is 120 Å². The van der Waals surface area contributed by atoms with E-state index in [9.17, 15) is 4.79 Å². The van der Waals surface area contributed by atoms with Crippen LogP contribution in [-0.4, -0.2) is 63.1 Å². The summed E-state index contributed by atoms with van der Waals surface area (Å²) >= 11 is 0. The van der Waals surface area contributed by atoms with Crippen molar-refractivity contribution in [1.29, 1.82) is 0 Å². The highest BCUT2D eigenvalue weighted by Gasteiger charge is 2.18. The number of fused-ring (bicyclic) bond motifs is 1. The molecule has 4 aromatic rings. The van der Waals surface area contributed by atoms with Gasteiger partial charge in [0.25, 0.3) is 11.9 Å². The molecule has 2 aromatic carbocycles. The minimum absolute atomic E-state index is 0.0328. The fourth-order valence-electron chi connectivity index (χ4n) is 3.56. The lowest BCUT2D eigenvalue weighted by Gasteiger charge is -2.26. The first-order chi connectivity index (χ1) is 16.5. The molecule has 0 unspecified atom stereocenters. The summed E-state index contributed by atoms with van der Waals surface area (Å²) in [6, 6.07) is 17.6. The van der Waals surface area contributed by atoms with Crippen molar-refractivity contribution in [3.05, 3.63) is 72.6 Å². The molecule has 174 valence electrons. The maximum atomic E-state index is 12.6. The Hall–Kier alpha value is -4.24. The number of carbonyl (C=O) groups is 2. The number of hydrogen-bond donors (Lipinski definition) is 3. The number of aliphatic carboxylic acids is 1. The van der Waals surface area contributed by atoms with Crippen LogP contribution in [0.4, 0.5) is 11.5 Å². The van der Waals surface area contributed by atoms with Gasteiger partial charge in [0.05, 0.1) is 31.3 Å². The third kappa shape index (κ3) is 5.76. The van der Waals surface area contributed by atoms with Gasteiger partial charge in [-0.1, -0.05) is 18.2 Å². The van der Waals surface area contributed by atoms with Crippen molar-refractivity contribution in [1.82, 2.24) is 19.9 Å². The summed E-state index contributed by atoms with van der Waals surface area (Å²) in [5.74, 6) is -0.163. The number of rotatable bonds is 4. The molecule has 0 radical (unpaired) electrons. The second kappa shape index (κ2) is 10.6. The van der Waals surface area contributed by atoms with Gasteiger partial charge in [-0.25, -0.2) is 4.98 Å². The second-order valence-corrected chi connectivity index (χ2v) is 7.69. The number of ether oxygens (including phenoxy) is 1. The Labute approximate surface area is 196 Å². The van der Waals surface area contributed by atoms with Crippen LogP contribution in [0.5, 0.6) is 0 Å². The van der Waals surface area contributed by atoms with Crippen LogP contribution in [0.1, 0.15) is 17.3 Å². The van der Waals surface area contributed by atoms with Crippen molar-refractivity contribution in [2.75, 3.05) is 31.6 Å². The zero-order chi connectivity index (χ0) is 23.9. The van der Waals surface area contributed by atoms with E-state index in [1.807, 2.05) is 47.4 Å². The zero-order valence-electron chi connectivity index (χ0n) is 18.7. The molecule has 1 aliphatic heterocycles. The van der Waals surface area contributed by atoms with Crippen LogP contribution in [0.3, 0.4) is 0 Å². The van der Waals surface area contributed by atoms with E-state index in [-0.39, 0.29) is 5.91 Å². The lowest BCUT2D eigenvalue weighted by Crippen LogP contribution is -2.40. The van der Waals surface area contributed by atoms with Crippen molar-refractivity contribution in [3.63, 3.8) is 0 Å². The molecule has 9 nitrogen and oxygen atoms in total. The van der Waals surface area contributed by atoms with Gasteiger partial charge in [0.2, 0.25) is 0 Å². The average Bonchev–Trinajstić information content (AvgIpc) is 3.29. The van der Waals surface area contributed by atoms with Crippen molar-refractivity contribution >= 4 is 34.3 Å². The SMILES string of the molecule is CC(=O)O.O=C(c1ccc(Nc2cncc(-c3cc4ccccc4[nH]3)n2)cc1)N1CCOCC1. The van der Waals surface area contributed by atoms with E-state index in [4.69, 9.17) is 14.6 Å². The van der Waals surface area contributed by atoms with Gasteiger partial charge >= 0.3 is 0 Å². The fourth-order valence-corrected chi connectivity index (χ4v) is 3.56. The van der Waals surface area contributed by atoms with E-state index in [1.165, 1.54) is 0 Å². The third-order valence-corrected chi connectivity index (χ3v) is 5.14. The highest BCUT2D eigenvalue weighted by Crippen LogP contribution is 2.24. The smallest absolute Gasteiger partial charge is 0.300 e. The van der Waals surface area contributed by atoms with Crippen LogP contribution < -0.4 is 5.32 Å². The van der Waals surface area contributed by atoms with E-state index in [0.717, 1.165) is 34.9 Å². The standard InChI is InChI=1S/C23H21N5O2.C2H4O2/c29-23(28-9-11-30-12-10-28)16-5-7-18(8-6-16)25-22-15-24-14-21(27-22)20-13-17-3-1-2-4-19(17)26-20;1-2(3)4/h1-8,13-15,26H,9-12H2,(H,25,27);1H3,(H,3,4). The molecule has 5 rings (SSSR count). The number of anilines is 2. The highest BCUT2D eigenvalue weighted by molar-refractivity contribution is 5.94. The summed E-state index contributed by atoms with van der Waals surface area (Å²) in [6.45, 7) is 3.54. The van der Waals surface area contributed by atoms with E-state index < -0.39 is 5.97 Å². The number of aromatic amines is 1. The van der Waals surface area contributed by atoms with Crippen LogP contribution in [0.2, 0.25) is 0 Å². The average molecular weight is 460 g/mol. The number of para-hydroxylation sites is 1. The normalized spacial score (nSPS) is 13.1. The molecule has 0 saturated carbocycles. The molecular weight excluding hydrogens is 434 g/mol. The summed E-state index contributed by atoms with van der Waals surface area (Å²) < 4.78 is 5.31. The molecule has 0 spiro atoms. The Morgan fingerprint density at radius 1 is 1.06 bits per heavy atom. The second-order valence-electron chi connectivity index (χ2n) is 7.69. The Kier molecular flexibility index (Phi) is 7.14. The first-order valence-corrected chi connectivity index (χ1v) is 10.8. The minimum atomic E-state index is -0.833. The molecule has 1 saturated heterocycles. The monoisotopic (exact) mass is 459 g/mol. The molecule has 1 fully saturated rings. The summed E-state index contributed by atoms with van der Waals surface area (Å²) in [5.41, 5.74) is 4.25. The Morgan fingerprint density at radius 2 is 1.76 bits per heavy atom. The molecule has 0 aliphatic carbocycles. The summed E-state index contributed by atoms with van der Waals surface area (Å²) in [4.78, 5) is 35.7. The number of carboxylic acid groups (broad SMARTS) is 1. The number of carboxylic acids is 1. The summed E-state index contributed by atoms with van der Waals surface area (Å²) in [5, 5.41) is 11.8. The number of hydrogen-bond acceptors (Lipinski definition) is 6. The van der Waals surface area contributed by atoms with Crippen LogP contribution in [0, 0.1) is 0 Å². The Balaban J connectivity index is 0.000000636. The van der Waals surface area contributed by atoms with E-state index >= 15 is 0 Å². The van der Waals surface area contributed by atoms with Crippen molar-refractivity contribution < 1.29 is 19.4 Å². The number of morpholine rings is 1. The largest absolute Gasteiger partial charge is 0.481 e.